The van der Waals surface area contributed by atoms with E-state index < -0.39 is 12.2 Å². The predicted octanol–water partition coefficient (Wildman–Crippen LogP) is -0.711. The van der Waals surface area contributed by atoms with Gasteiger partial charge in [-0.05, 0) is 12.5 Å². The molecule has 1 saturated carbocycles. The molecule has 0 bridgehead atoms. The Kier molecular flexibility index (Phi) is 2.89. The van der Waals surface area contributed by atoms with Crippen LogP contribution in [0.15, 0.2) is 18.6 Å². The zero-order valence-electron chi connectivity index (χ0n) is 10.2. The number of anilines is 1. The second kappa shape index (κ2) is 4.44. The highest BCUT2D eigenvalue weighted by atomic mass is 16.3. The van der Waals surface area contributed by atoms with Crippen LogP contribution in [0.1, 0.15) is 12.5 Å². The van der Waals surface area contributed by atoms with Crippen molar-refractivity contribution in [1.82, 2.24) is 14.5 Å². The second-order valence-electron chi connectivity index (χ2n) is 4.95. The third-order valence-corrected chi connectivity index (χ3v) is 3.90. The molecule has 0 amide bonds. The normalized spacial score (nSPS) is 31.1. The van der Waals surface area contributed by atoms with E-state index in [9.17, 15) is 15.3 Å². The Morgan fingerprint density at radius 2 is 2.11 bits per heavy atom. The van der Waals surface area contributed by atoms with Gasteiger partial charge in [0, 0.05) is 18.7 Å². The van der Waals surface area contributed by atoms with E-state index in [1.807, 2.05) is 0 Å². The Labute approximate surface area is 109 Å². The van der Waals surface area contributed by atoms with Gasteiger partial charge in [0.1, 0.15) is 23.9 Å². The molecule has 1 aliphatic carbocycles. The van der Waals surface area contributed by atoms with Gasteiger partial charge in [0.25, 0.3) is 0 Å². The molecule has 102 valence electrons. The van der Waals surface area contributed by atoms with E-state index in [4.69, 9.17) is 5.73 Å². The minimum atomic E-state index is -0.927. The van der Waals surface area contributed by atoms with Crippen molar-refractivity contribution < 1.29 is 15.3 Å². The number of aliphatic hydroxyl groups excluding tert-OH is 3. The average molecular weight is 264 g/mol. The van der Waals surface area contributed by atoms with Gasteiger partial charge in [-0.15, -0.1) is 0 Å². The first-order chi connectivity index (χ1) is 9.13. The van der Waals surface area contributed by atoms with Crippen molar-refractivity contribution in [3.8, 4) is 0 Å². The molecule has 0 spiro atoms. The van der Waals surface area contributed by atoms with Gasteiger partial charge in [-0.3, -0.25) is 0 Å². The number of nitrogen functional groups attached to an aromatic ring is 1. The fraction of sp³-hybridized carbons (Fsp3) is 0.500. The molecule has 4 atom stereocenters. The molecule has 2 heterocycles. The van der Waals surface area contributed by atoms with Crippen LogP contribution in [0.3, 0.4) is 0 Å². The van der Waals surface area contributed by atoms with Crippen LogP contribution in [0, 0.1) is 5.92 Å². The van der Waals surface area contributed by atoms with Crippen LogP contribution >= 0.6 is 0 Å². The van der Waals surface area contributed by atoms with E-state index in [1.165, 1.54) is 6.33 Å². The topological polar surface area (TPSA) is 117 Å². The van der Waals surface area contributed by atoms with Crippen LogP contribution in [-0.4, -0.2) is 48.7 Å². The van der Waals surface area contributed by atoms with Crippen LogP contribution in [0.25, 0.3) is 11.0 Å². The molecule has 1 fully saturated rings. The minimum Gasteiger partial charge on any atom is -0.396 e. The standard InChI is InChI=1S/C12H16N4O3/c13-11-7-1-2-16(12(7)15-5-14-11)8-3-6(4-17)9(18)10(8)19/h1-2,5-6,8-10,17-19H,3-4H2,(H2,13,14,15)/t6-,8-,9?,10-/m1/s1. The van der Waals surface area contributed by atoms with Crippen LogP contribution in [-0.2, 0) is 0 Å². The maximum Gasteiger partial charge on any atom is 0.145 e. The van der Waals surface area contributed by atoms with Gasteiger partial charge in [0.05, 0.1) is 17.5 Å². The highest BCUT2D eigenvalue weighted by Gasteiger charge is 2.42. The number of aromatic nitrogens is 3. The van der Waals surface area contributed by atoms with E-state index in [1.54, 1.807) is 16.8 Å². The molecule has 0 radical (unpaired) electrons. The summed E-state index contributed by atoms with van der Waals surface area (Å²) in [5, 5.41) is 29.9. The zero-order chi connectivity index (χ0) is 13.6. The largest absolute Gasteiger partial charge is 0.396 e. The number of rotatable bonds is 2. The van der Waals surface area contributed by atoms with Gasteiger partial charge in [-0.25, -0.2) is 9.97 Å². The van der Waals surface area contributed by atoms with E-state index in [-0.39, 0.29) is 18.6 Å². The molecule has 0 aliphatic heterocycles. The van der Waals surface area contributed by atoms with Crippen LogP contribution in [0.4, 0.5) is 5.82 Å². The molecule has 3 rings (SSSR count). The Bertz CT molecular complexity index is 600. The van der Waals surface area contributed by atoms with Gasteiger partial charge in [-0.1, -0.05) is 0 Å². The van der Waals surface area contributed by atoms with Crippen LogP contribution < -0.4 is 5.73 Å². The maximum absolute atomic E-state index is 10.1. The lowest BCUT2D eigenvalue weighted by Gasteiger charge is -2.18. The number of hydrogen-bond acceptors (Lipinski definition) is 6. The van der Waals surface area contributed by atoms with Gasteiger partial charge in [0.2, 0.25) is 0 Å². The van der Waals surface area contributed by atoms with E-state index in [0.717, 1.165) is 5.39 Å². The predicted molar refractivity (Wildman–Crippen MR) is 68.2 cm³/mol. The molecule has 0 aromatic carbocycles. The molecule has 7 nitrogen and oxygen atoms in total. The third-order valence-electron chi connectivity index (χ3n) is 3.90. The molecule has 0 saturated heterocycles. The number of hydrogen-bond donors (Lipinski definition) is 4. The minimum absolute atomic E-state index is 0.148. The van der Waals surface area contributed by atoms with Crippen molar-refractivity contribution in [2.75, 3.05) is 12.3 Å². The number of nitrogens with two attached hydrogens (primary N) is 1. The first-order valence-corrected chi connectivity index (χ1v) is 6.17. The SMILES string of the molecule is Nc1ncnc2c1ccn2[C@@H]1C[C@H](CO)C(O)[C@@H]1O. The lowest BCUT2D eigenvalue weighted by molar-refractivity contribution is -0.00365. The molecule has 1 aliphatic rings. The summed E-state index contributed by atoms with van der Waals surface area (Å²) >= 11 is 0. The molecule has 19 heavy (non-hydrogen) atoms. The first kappa shape index (κ1) is 12.3. The van der Waals surface area contributed by atoms with Gasteiger partial charge >= 0.3 is 0 Å². The van der Waals surface area contributed by atoms with Crippen molar-refractivity contribution in [3.05, 3.63) is 18.6 Å². The van der Waals surface area contributed by atoms with Gasteiger partial charge < -0.3 is 25.6 Å². The molecule has 2 aromatic rings. The molecular formula is C12H16N4O3. The molecular weight excluding hydrogens is 248 g/mol. The van der Waals surface area contributed by atoms with Crippen molar-refractivity contribution in [3.63, 3.8) is 0 Å². The number of nitrogens with zero attached hydrogens (tertiary/aromatic N) is 3. The van der Waals surface area contributed by atoms with Crippen molar-refractivity contribution in [2.45, 2.75) is 24.7 Å². The van der Waals surface area contributed by atoms with Crippen LogP contribution in [0.5, 0.6) is 0 Å². The highest BCUT2D eigenvalue weighted by Crippen LogP contribution is 2.37. The summed E-state index contributed by atoms with van der Waals surface area (Å²) in [6.45, 7) is -0.148. The van der Waals surface area contributed by atoms with Crippen LogP contribution in [0.2, 0.25) is 0 Å². The lowest BCUT2D eigenvalue weighted by Crippen LogP contribution is -2.30. The summed E-state index contributed by atoms with van der Waals surface area (Å²) in [5.74, 6) is 0.0622. The highest BCUT2D eigenvalue weighted by molar-refractivity contribution is 5.86. The van der Waals surface area contributed by atoms with E-state index in [2.05, 4.69) is 9.97 Å². The smallest absolute Gasteiger partial charge is 0.145 e. The fourth-order valence-electron chi connectivity index (χ4n) is 2.81. The molecule has 2 aromatic heterocycles. The number of aliphatic hydroxyl groups is 3. The monoisotopic (exact) mass is 264 g/mol. The van der Waals surface area contributed by atoms with E-state index in [0.29, 0.717) is 17.9 Å². The summed E-state index contributed by atoms with van der Waals surface area (Å²) in [4.78, 5) is 8.09. The second-order valence-corrected chi connectivity index (χ2v) is 4.95. The quantitative estimate of drug-likeness (QED) is 0.569. The summed E-state index contributed by atoms with van der Waals surface area (Å²) in [5.41, 5.74) is 6.39. The third kappa shape index (κ3) is 1.78. The average Bonchev–Trinajstić information content (AvgIpc) is 2.94. The Hall–Kier alpha value is -1.70. The summed E-state index contributed by atoms with van der Waals surface area (Å²) < 4.78 is 1.79. The van der Waals surface area contributed by atoms with Gasteiger partial charge in [0.15, 0.2) is 0 Å². The maximum atomic E-state index is 10.1. The van der Waals surface area contributed by atoms with Crippen molar-refractivity contribution >= 4 is 16.9 Å². The zero-order valence-corrected chi connectivity index (χ0v) is 10.2. The van der Waals surface area contributed by atoms with Crippen molar-refractivity contribution in [2.24, 2.45) is 5.92 Å². The molecule has 7 heteroatoms. The number of fused-ring (bicyclic) bond motifs is 1. The summed E-state index contributed by atoms with van der Waals surface area (Å²) in [6.07, 6.45) is 1.79. The summed E-state index contributed by atoms with van der Waals surface area (Å²) in [7, 11) is 0. The Morgan fingerprint density at radius 1 is 1.32 bits per heavy atom. The van der Waals surface area contributed by atoms with Crippen molar-refractivity contribution in [1.29, 1.82) is 0 Å². The van der Waals surface area contributed by atoms with E-state index >= 15 is 0 Å². The van der Waals surface area contributed by atoms with Gasteiger partial charge in [-0.2, -0.15) is 0 Å². The summed E-state index contributed by atoms with van der Waals surface area (Å²) in [6, 6.07) is 1.47. The fourth-order valence-corrected chi connectivity index (χ4v) is 2.81. The first-order valence-electron chi connectivity index (χ1n) is 6.17. The Morgan fingerprint density at radius 3 is 2.79 bits per heavy atom. The molecule has 5 N–H and O–H groups in total. The Balaban J connectivity index is 2.04. The molecule has 1 unspecified atom stereocenters. The lowest BCUT2D eigenvalue weighted by atomic mass is 10.1.